The summed E-state index contributed by atoms with van der Waals surface area (Å²) in [5, 5.41) is 0. The van der Waals surface area contributed by atoms with Crippen LogP contribution >= 0.6 is 0 Å². The molecule has 2 nitrogen and oxygen atoms in total. The zero-order chi connectivity index (χ0) is 8.97. The summed E-state index contributed by atoms with van der Waals surface area (Å²) in [6, 6.07) is 6.14. The van der Waals surface area contributed by atoms with Crippen molar-refractivity contribution in [2.75, 3.05) is 13.2 Å². The lowest BCUT2D eigenvalue weighted by Crippen LogP contribution is -2.52. The minimum absolute atomic E-state index is 0.697. The van der Waals surface area contributed by atoms with E-state index < -0.39 is 0 Å². The van der Waals surface area contributed by atoms with E-state index >= 15 is 0 Å². The van der Waals surface area contributed by atoms with E-state index in [9.17, 15) is 0 Å². The predicted molar refractivity (Wildman–Crippen MR) is 49.2 cm³/mol. The largest absolute Gasteiger partial charge is 0.488 e. The van der Waals surface area contributed by atoms with Gasteiger partial charge in [0, 0.05) is 0 Å². The van der Waals surface area contributed by atoms with E-state index in [0.717, 1.165) is 12.3 Å². The molecule has 1 aromatic rings. The minimum Gasteiger partial charge on any atom is -0.488 e. The fourth-order valence-corrected chi connectivity index (χ4v) is 0.994. The van der Waals surface area contributed by atoms with Crippen LogP contribution in [0.5, 0.6) is 5.75 Å². The van der Waals surface area contributed by atoms with Crippen molar-refractivity contribution in [1.29, 1.82) is 0 Å². The number of hydrogen-bond donors (Lipinski definition) is 1. The number of ether oxygens (including phenoxy) is 1. The first-order valence-electron chi connectivity index (χ1n) is 4.23. The first kappa shape index (κ1) is 9.07. The highest BCUT2D eigenvalue weighted by Crippen LogP contribution is 2.15. The molecule has 0 bridgehead atoms. The van der Waals surface area contributed by atoms with E-state index in [-0.39, 0.29) is 0 Å². The second-order valence-electron chi connectivity index (χ2n) is 2.95. The average molecular weight is 166 g/mol. The number of quaternary nitrogens is 1. The van der Waals surface area contributed by atoms with Crippen molar-refractivity contribution in [2.45, 2.75) is 13.8 Å². The molecule has 12 heavy (non-hydrogen) atoms. The van der Waals surface area contributed by atoms with Crippen LogP contribution in [0.25, 0.3) is 0 Å². The van der Waals surface area contributed by atoms with Gasteiger partial charge in [-0.3, -0.25) is 0 Å². The Morgan fingerprint density at radius 1 is 1.25 bits per heavy atom. The lowest BCUT2D eigenvalue weighted by Gasteiger charge is -2.05. The van der Waals surface area contributed by atoms with Gasteiger partial charge in [0.15, 0.2) is 0 Å². The van der Waals surface area contributed by atoms with Gasteiger partial charge in [-0.25, -0.2) is 0 Å². The first-order chi connectivity index (χ1) is 5.74. The molecule has 0 radical (unpaired) electrons. The summed E-state index contributed by atoms with van der Waals surface area (Å²) in [6.07, 6.45) is 0. The van der Waals surface area contributed by atoms with Crippen molar-refractivity contribution < 1.29 is 10.5 Å². The molecule has 0 aliphatic rings. The third-order valence-corrected chi connectivity index (χ3v) is 1.89. The third kappa shape index (κ3) is 2.24. The summed E-state index contributed by atoms with van der Waals surface area (Å²) in [7, 11) is 0. The monoisotopic (exact) mass is 166 g/mol. The van der Waals surface area contributed by atoms with Crippen molar-refractivity contribution >= 4 is 0 Å². The molecule has 0 fully saturated rings. The highest BCUT2D eigenvalue weighted by atomic mass is 16.5. The lowest BCUT2D eigenvalue weighted by atomic mass is 10.1. The molecule has 2 heteroatoms. The van der Waals surface area contributed by atoms with Crippen molar-refractivity contribution in [3.8, 4) is 5.75 Å². The summed E-state index contributed by atoms with van der Waals surface area (Å²) in [5.74, 6) is 0.946. The summed E-state index contributed by atoms with van der Waals surface area (Å²) >= 11 is 0. The predicted octanol–water partition coefficient (Wildman–Crippen LogP) is 0.924. The van der Waals surface area contributed by atoms with Crippen LogP contribution in [0.2, 0.25) is 0 Å². The number of rotatable bonds is 3. The van der Waals surface area contributed by atoms with E-state index in [4.69, 9.17) is 4.74 Å². The van der Waals surface area contributed by atoms with Crippen LogP contribution in [0.4, 0.5) is 0 Å². The van der Waals surface area contributed by atoms with E-state index in [1.807, 2.05) is 6.07 Å². The zero-order valence-electron chi connectivity index (χ0n) is 7.76. The molecule has 0 aliphatic carbocycles. The first-order valence-corrected chi connectivity index (χ1v) is 4.23. The second kappa shape index (κ2) is 4.12. The molecule has 0 unspecified atom stereocenters. The van der Waals surface area contributed by atoms with Crippen LogP contribution in [0.1, 0.15) is 11.1 Å². The van der Waals surface area contributed by atoms with E-state index in [2.05, 4.69) is 31.7 Å². The average Bonchev–Trinajstić information content (AvgIpc) is 2.07. The molecule has 0 heterocycles. The normalized spacial score (nSPS) is 9.92. The van der Waals surface area contributed by atoms with Crippen LogP contribution in [0, 0.1) is 13.8 Å². The molecule has 66 valence electrons. The number of hydrogen-bond acceptors (Lipinski definition) is 1. The van der Waals surface area contributed by atoms with Gasteiger partial charge < -0.3 is 10.5 Å². The van der Waals surface area contributed by atoms with E-state index in [1.165, 1.54) is 11.1 Å². The Morgan fingerprint density at radius 3 is 2.58 bits per heavy atom. The Hall–Kier alpha value is -1.02. The van der Waals surface area contributed by atoms with Crippen LogP contribution in [0.3, 0.4) is 0 Å². The van der Waals surface area contributed by atoms with E-state index in [0.29, 0.717) is 6.61 Å². The topological polar surface area (TPSA) is 36.9 Å². The van der Waals surface area contributed by atoms with Gasteiger partial charge in [0.1, 0.15) is 18.9 Å². The minimum atomic E-state index is 0.697. The Bertz CT molecular complexity index is 258. The number of benzene rings is 1. The fourth-order valence-electron chi connectivity index (χ4n) is 0.994. The maximum Gasteiger partial charge on any atom is 0.137 e. The zero-order valence-corrected chi connectivity index (χ0v) is 7.76. The summed E-state index contributed by atoms with van der Waals surface area (Å²) in [4.78, 5) is 0. The Labute approximate surface area is 73.3 Å². The molecular weight excluding hydrogens is 150 g/mol. The molecule has 0 aliphatic heterocycles. The van der Waals surface area contributed by atoms with Crippen LogP contribution in [-0.2, 0) is 0 Å². The fraction of sp³-hybridized carbons (Fsp3) is 0.400. The maximum atomic E-state index is 5.43. The molecule has 1 rings (SSSR count). The van der Waals surface area contributed by atoms with Gasteiger partial charge in [0.2, 0.25) is 0 Å². The van der Waals surface area contributed by atoms with Gasteiger partial charge in [-0.05, 0) is 37.1 Å². The Kier molecular flexibility index (Phi) is 3.11. The third-order valence-electron chi connectivity index (χ3n) is 1.89. The molecule has 3 N–H and O–H groups in total. The molecule has 0 amide bonds. The van der Waals surface area contributed by atoms with Crippen molar-refractivity contribution in [3.63, 3.8) is 0 Å². The smallest absolute Gasteiger partial charge is 0.137 e. The summed E-state index contributed by atoms with van der Waals surface area (Å²) in [5.41, 5.74) is 6.29. The van der Waals surface area contributed by atoms with Crippen LogP contribution in [-0.4, -0.2) is 13.2 Å². The summed E-state index contributed by atoms with van der Waals surface area (Å²) < 4.78 is 5.43. The van der Waals surface area contributed by atoms with Gasteiger partial charge in [-0.1, -0.05) is 6.07 Å². The van der Waals surface area contributed by atoms with E-state index in [1.54, 1.807) is 0 Å². The van der Waals surface area contributed by atoms with Gasteiger partial charge in [0.05, 0.1) is 0 Å². The molecule has 0 spiro atoms. The molecule has 1 aromatic carbocycles. The standard InChI is InChI=1S/C10H15NO/c1-8-3-4-10(7-9(8)2)12-6-5-11/h3-4,7H,5-6,11H2,1-2H3/p+1. The summed E-state index contributed by atoms with van der Waals surface area (Å²) in [6.45, 7) is 5.70. The van der Waals surface area contributed by atoms with Gasteiger partial charge in [0.25, 0.3) is 0 Å². The van der Waals surface area contributed by atoms with Crippen molar-refractivity contribution in [2.24, 2.45) is 0 Å². The van der Waals surface area contributed by atoms with Gasteiger partial charge >= 0.3 is 0 Å². The van der Waals surface area contributed by atoms with Crippen LogP contribution in [0.15, 0.2) is 18.2 Å². The molecule has 0 saturated heterocycles. The quantitative estimate of drug-likeness (QED) is 0.712. The highest BCUT2D eigenvalue weighted by molar-refractivity contribution is 5.33. The molecule has 0 atom stereocenters. The number of aryl methyl sites for hydroxylation is 2. The molecule has 0 aromatic heterocycles. The van der Waals surface area contributed by atoms with Crippen LogP contribution < -0.4 is 10.5 Å². The van der Waals surface area contributed by atoms with Gasteiger partial charge in [-0.2, -0.15) is 0 Å². The Balaban J connectivity index is 2.69. The molecular formula is C10H16NO+. The Morgan fingerprint density at radius 2 is 2.00 bits per heavy atom. The lowest BCUT2D eigenvalue weighted by molar-refractivity contribution is -0.370. The van der Waals surface area contributed by atoms with Crippen molar-refractivity contribution in [1.82, 2.24) is 0 Å². The van der Waals surface area contributed by atoms with Crippen molar-refractivity contribution in [3.05, 3.63) is 29.3 Å². The SMILES string of the molecule is Cc1ccc(OCC[NH3+])cc1C. The maximum absolute atomic E-state index is 5.43. The highest BCUT2D eigenvalue weighted by Gasteiger charge is 1.95. The van der Waals surface area contributed by atoms with Gasteiger partial charge in [-0.15, -0.1) is 0 Å². The second-order valence-corrected chi connectivity index (χ2v) is 2.95. The molecule has 0 saturated carbocycles.